The Morgan fingerprint density at radius 3 is 2.75 bits per heavy atom. The van der Waals surface area contributed by atoms with Crippen molar-refractivity contribution in [3.8, 4) is 0 Å². The number of hydrogen-bond acceptors (Lipinski definition) is 4. The molecule has 0 aliphatic rings. The monoisotopic (exact) mass is 309 g/mol. The molecule has 1 aromatic rings. The van der Waals surface area contributed by atoms with Crippen molar-refractivity contribution in [2.45, 2.75) is 37.4 Å². The van der Waals surface area contributed by atoms with Gasteiger partial charge in [-0.2, -0.15) is 13.2 Å². The van der Waals surface area contributed by atoms with E-state index in [0.717, 1.165) is 22.6 Å². The van der Waals surface area contributed by atoms with Crippen LogP contribution in [0.1, 0.15) is 24.1 Å². The van der Waals surface area contributed by atoms with Crippen LogP contribution in [0.2, 0.25) is 0 Å². The van der Waals surface area contributed by atoms with Gasteiger partial charge in [0.15, 0.2) is 0 Å². The molecule has 3 nitrogen and oxygen atoms in total. The molecule has 0 spiro atoms. The number of aliphatic hydroxyl groups is 1. The lowest BCUT2D eigenvalue weighted by Gasteiger charge is -2.09. The maximum absolute atomic E-state index is 11.8. The van der Waals surface area contributed by atoms with E-state index in [9.17, 15) is 13.2 Å². The number of aromatic nitrogens is 1. The standard InChI is InChI=1S/C13H18F3NO2S/c1-10-11(8-18)17-5-4-12(10)20-7-3-2-6-19-9-13(14,15)16/h4-5,18H,2-3,6-9H2,1H3. The van der Waals surface area contributed by atoms with Crippen LogP contribution >= 0.6 is 11.8 Å². The molecule has 0 unspecified atom stereocenters. The van der Waals surface area contributed by atoms with Crippen molar-refractivity contribution < 1.29 is 23.0 Å². The lowest BCUT2D eigenvalue weighted by Crippen LogP contribution is -2.17. The molecule has 0 aromatic carbocycles. The molecule has 0 aliphatic heterocycles. The summed E-state index contributed by atoms with van der Waals surface area (Å²) in [6.45, 7) is 0.750. The third kappa shape index (κ3) is 6.58. The number of unbranched alkanes of at least 4 members (excludes halogenated alkanes) is 1. The molecule has 0 radical (unpaired) electrons. The Bertz CT molecular complexity index is 413. The fraction of sp³-hybridized carbons (Fsp3) is 0.615. The molecule has 0 amide bonds. The quantitative estimate of drug-likeness (QED) is 0.591. The fourth-order valence-electron chi connectivity index (χ4n) is 1.55. The zero-order valence-corrected chi connectivity index (χ0v) is 12.1. The number of rotatable bonds is 8. The number of pyridine rings is 1. The van der Waals surface area contributed by atoms with E-state index in [1.807, 2.05) is 13.0 Å². The predicted molar refractivity (Wildman–Crippen MR) is 71.7 cm³/mol. The zero-order chi connectivity index (χ0) is 15.0. The van der Waals surface area contributed by atoms with E-state index >= 15 is 0 Å². The molecule has 0 fully saturated rings. The highest BCUT2D eigenvalue weighted by molar-refractivity contribution is 7.99. The Balaban J connectivity index is 2.19. The highest BCUT2D eigenvalue weighted by Gasteiger charge is 2.27. The first-order valence-corrected chi connectivity index (χ1v) is 7.25. The molecule has 114 valence electrons. The van der Waals surface area contributed by atoms with Crippen molar-refractivity contribution in [3.63, 3.8) is 0 Å². The van der Waals surface area contributed by atoms with Crippen LogP contribution in [0, 0.1) is 6.92 Å². The van der Waals surface area contributed by atoms with Gasteiger partial charge in [-0.25, -0.2) is 0 Å². The minimum absolute atomic E-state index is 0.0918. The van der Waals surface area contributed by atoms with Gasteiger partial charge >= 0.3 is 6.18 Å². The van der Waals surface area contributed by atoms with Gasteiger partial charge in [0.05, 0.1) is 12.3 Å². The van der Waals surface area contributed by atoms with Crippen LogP contribution in [-0.2, 0) is 11.3 Å². The second kappa shape index (κ2) is 8.49. The summed E-state index contributed by atoms with van der Waals surface area (Å²) < 4.78 is 40.0. The van der Waals surface area contributed by atoms with Crippen molar-refractivity contribution in [3.05, 3.63) is 23.5 Å². The predicted octanol–water partition coefficient (Wildman–Crippen LogP) is 3.33. The average molecular weight is 309 g/mol. The molecule has 0 saturated carbocycles. The number of halogens is 3. The maximum Gasteiger partial charge on any atom is 0.411 e. The molecule has 7 heteroatoms. The summed E-state index contributed by atoms with van der Waals surface area (Å²) in [6, 6.07) is 1.87. The molecular formula is C13H18F3NO2S. The summed E-state index contributed by atoms with van der Waals surface area (Å²) in [7, 11) is 0. The lowest BCUT2D eigenvalue weighted by atomic mass is 10.2. The Morgan fingerprint density at radius 1 is 1.35 bits per heavy atom. The largest absolute Gasteiger partial charge is 0.411 e. The molecular weight excluding hydrogens is 291 g/mol. The summed E-state index contributed by atoms with van der Waals surface area (Å²) in [4.78, 5) is 5.10. The van der Waals surface area contributed by atoms with Crippen LogP contribution in [0.4, 0.5) is 13.2 Å². The highest BCUT2D eigenvalue weighted by Crippen LogP contribution is 2.24. The minimum Gasteiger partial charge on any atom is -0.390 e. The Hall–Kier alpha value is -0.790. The first-order valence-electron chi connectivity index (χ1n) is 6.26. The maximum atomic E-state index is 11.8. The third-order valence-corrected chi connectivity index (χ3v) is 3.86. The van der Waals surface area contributed by atoms with Crippen molar-refractivity contribution >= 4 is 11.8 Å². The SMILES string of the molecule is Cc1c(SCCCCOCC(F)(F)F)ccnc1CO. The van der Waals surface area contributed by atoms with Gasteiger partial charge in [0.25, 0.3) is 0 Å². The second-order valence-electron chi connectivity index (χ2n) is 4.26. The molecule has 0 saturated heterocycles. The van der Waals surface area contributed by atoms with Gasteiger partial charge in [-0.05, 0) is 37.1 Å². The molecule has 0 aliphatic carbocycles. The Kier molecular flexibility index (Phi) is 7.32. The van der Waals surface area contributed by atoms with Gasteiger partial charge in [0.2, 0.25) is 0 Å². The van der Waals surface area contributed by atoms with Crippen LogP contribution in [0.3, 0.4) is 0 Å². The summed E-state index contributed by atoms with van der Waals surface area (Å²) in [6.07, 6.45) is -1.23. The highest BCUT2D eigenvalue weighted by atomic mass is 32.2. The minimum atomic E-state index is -4.25. The zero-order valence-electron chi connectivity index (χ0n) is 11.2. The van der Waals surface area contributed by atoms with Gasteiger partial charge < -0.3 is 9.84 Å². The second-order valence-corrected chi connectivity index (χ2v) is 5.40. The topological polar surface area (TPSA) is 42.4 Å². The van der Waals surface area contributed by atoms with E-state index in [2.05, 4.69) is 9.72 Å². The summed E-state index contributed by atoms with van der Waals surface area (Å²) >= 11 is 1.61. The molecule has 0 atom stereocenters. The molecule has 1 rings (SSSR count). The van der Waals surface area contributed by atoms with Crippen molar-refractivity contribution in [2.75, 3.05) is 19.0 Å². The first-order chi connectivity index (χ1) is 9.44. The Morgan fingerprint density at radius 2 is 2.10 bits per heavy atom. The summed E-state index contributed by atoms with van der Waals surface area (Å²) in [5, 5.41) is 9.10. The van der Waals surface area contributed by atoms with Gasteiger partial charge in [0, 0.05) is 17.7 Å². The smallest absolute Gasteiger partial charge is 0.390 e. The number of ether oxygens (including phenoxy) is 1. The third-order valence-electron chi connectivity index (χ3n) is 2.61. The van der Waals surface area contributed by atoms with Gasteiger partial charge in [-0.3, -0.25) is 4.98 Å². The molecule has 1 heterocycles. The van der Waals surface area contributed by atoms with E-state index in [1.165, 1.54) is 0 Å². The number of thioether (sulfide) groups is 1. The van der Waals surface area contributed by atoms with Crippen LogP contribution in [0.5, 0.6) is 0 Å². The van der Waals surface area contributed by atoms with E-state index in [-0.39, 0.29) is 13.2 Å². The van der Waals surface area contributed by atoms with Gasteiger partial charge in [-0.1, -0.05) is 0 Å². The van der Waals surface area contributed by atoms with Crippen LogP contribution in [0.15, 0.2) is 17.2 Å². The van der Waals surface area contributed by atoms with E-state index in [0.29, 0.717) is 12.1 Å². The van der Waals surface area contributed by atoms with E-state index in [1.54, 1.807) is 18.0 Å². The molecule has 1 aromatic heterocycles. The fourth-order valence-corrected chi connectivity index (χ4v) is 2.61. The number of aliphatic hydroxyl groups excluding tert-OH is 1. The lowest BCUT2D eigenvalue weighted by molar-refractivity contribution is -0.174. The van der Waals surface area contributed by atoms with Crippen LogP contribution < -0.4 is 0 Å². The molecule has 20 heavy (non-hydrogen) atoms. The van der Waals surface area contributed by atoms with Gasteiger partial charge in [-0.15, -0.1) is 11.8 Å². The van der Waals surface area contributed by atoms with Crippen LogP contribution in [-0.4, -0.2) is 35.2 Å². The average Bonchev–Trinajstić information content (AvgIpc) is 2.38. The van der Waals surface area contributed by atoms with E-state index < -0.39 is 12.8 Å². The van der Waals surface area contributed by atoms with Crippen molar-refractivity contribution in [1.29, 1.82) is 0 Å². The van der Waals surface area contributed by atoms with E-state index in [4.69, 9.17) is 5.11 Å². The number of alkyl halides is 3. The summed E-state index contributed by atoms with van der Waals surface area (Å²) in [5.74, 6) is 0.797. The van der Waals surface area contributed by atoms with Crippen molar-refractivity contribution in [2.24, 2.45) is 0 Å². The molecule has 0 bridgehead atoms. The van der Waals surface area contributed by atoms with Crippen LogP contribution in [0.25, 0.3) is 0 Å². The summed E-state index contributed by atoms with van der Waals surface area (Å²) in [5.41, 5.74) is 1.61. The Labute approximate surface area is 120 Å². The number of hydrogen-bond donors (Lipinski definition) is 1. The van der Waals surface area contributed by atoms with Crippen molar-refractivity contribution in [1.82, 2.24) is 4.98 Å². The number of nitrogens with zero attached hydrogens (tertiary/aromatic N) is 1. The normalized spacial score (nSPS) is 11.8. The van der Waals surface area contributed by atoms with Gasteiger partial charge in [0.1, 0.15) is 6.61 Å². The first kappa shape index (κ1) is 17.3. The molecule has 1 N–H and O–H groups in total.